The molecule has 1 aromatic heterocycles. The van der Waals surface area contributed by atoms with Crippen LogP contribution in [0.1, 0.15) is 20.3 Å². The largest absolute Gasteiger partial charge is 0.479 e. The van der Waals surface area contributed by atoms with Gasteiger partial charge in [-0.25, -0.2) is 17.9 Å². The van der Waals surface area contributed by atoms with Crippen LogP contribution in [-0.4, -0.2) is 41.7 Å². The number of sulfonamides is 1. The molecule has 0 saturated carbocycles. The summed E-state index contributed by atoms with van der Waals surface area (Å²) in [7, 11) is -3.67. The molecule has 0 atom stereocenters. The lowest BCUT2D eigenvalue weighted by Gasteiger charge is -2.19. The highest BCUT2D eigenvalue weighted by molar-refractivity contribution is 7.89. The molecule has 2 rings (SSSR count). The highest BCUT2D eigenvalue weighted by atomic mass is 32.2. The van der Waals surface area contributed by atoms with Crippen LogP contribution < -0.4 is 10.0 Å². The molecule has 0 fully saturated rings. The van der Waals surface area contributed by atoms with Crippen molar-refractivity contribution in [2.24, 2.45) is 0 Å². The molecule has 2 aromatic rings. The van der Waals surface area contributed by atoms with Gasteiger partial charge in [-0.1, -0.05) is 18.2 Å². The fourth-order valence-corrected chi connectivity index (χ4v) is 3.05. The van der Waals surface area contributed by atoms with E-state index in [1.54, 1.807) is 18.2 Å². The molecule has 0 spiro atoms. The third kappa shape index (κ3) is 4.67. The Kier molecular flexibility index (Phi) is 5.78. The van der Waals surface area contributed by atoms with E-state index in [0.717, 1.165) is 0 Å². The first kappa shape index (κ1) is 19.6. The van der Waals surface area contributed by atoms with Crippen molar-refractivity contribution in [3.63, 3.8) is 0 Å². The van der Waals surface area contributed by atoms with Crippen molar-refractivity contribution in [3.8, 4) is 0 Å². The summed E-state index contributed by atoms with van der Waals surface area (Å²) in [5, 5.41) is 15.6. The van der Waals surface area contributed by atoms with Crippen molar-refractivity contribution >= 4 is 27.6 Å². The van der Waals surface area contributed by atoms with Crippen molar-refractivity contribution in [2.75, 3.05) is 11.9 Å². The zero-order chi connectivity index (χ0) is 19.4. The van der Waals surface area contributed by atoms with Gasteiger partial charge < -0.3 is 10.4 Å². The van der Waals surface area contributed by atoms with E-state index in [1.807, 2.05) is 0 Å². The van der Waals surface area contributed by atoms with Crippen LogP contribution in [0.4, 0.5) is 5.69 Å². The molecule has 10 heteroatoms. The summed E-state index contributed by atoms with van der Waals surface area (Å²) in [6.07, 6.45) is 2.65. The Hall–Kier alpha value is -2.72. The number of hydrogen-bond donors (Lipinski definition) is 3. The number of benzene rings is 1. The highest BCUT2D eigenvalue weighted by Crippen LogP contribution is 2.17. The van der Waals surface area contributed by atoms with Gasteiger partial charge in [0, 0.05) is 19.2 Å². The third-order valence-electron chi connectivity index (χ3n) is 3.66. The van der Waals surface area contributed by atoms with E-state index in [1.165, 1.54) is 43.1 Å². The number of nitrogens with one attached hydrogen (secondary N) is 2. The van der Waals surface area contributed by atoms with Gasteiger partial charge in [0.05, 0.1) is 16.8 Å². The number of anilines is 1. The maximum absolute atomic E-state index is 12.0. The molecule has 0 aliphatic heterocycles. The molecule has 0 unspecified atom stereocenters. The Morgan fingerprint density at radius 2 is 1.88 bits per heavy atom. The molecular formula is C16H20N4O5S. The van der Waals surface area contributed by atoms with E-state index >= 15 is 0 Å². The van der Waals surface area contributed by atoms with Crippen LogP contribution in [0.2, 0.25) is 0 Å². The van der Waals surface area contributed by atoms with Gasteiger partial charge in [0.25, 0.3) is 0 Å². The van der Waals surface area contributed by atoms with Gasteiger partial charge >= 0.3 is 5.97 Å². The monoisotopic (exact) mass is 380 g/mol. The second kappa shape index (κ2) is 7.67. The van der Waals surface area contributed by atoms with Crippen molar-refractivity contribution in [1.82, 2.24) is 14.5 Å². The number of aliphatic carboxylic acids is 1. The van der Waals surface area contributed by atoms with Gasteiger partial charge in [0.15, 0.2) is 5.54 Å². The summed E-state index contributed by atoms with van der Waals surface area (Å²) in [4.78, 5) is 23.2. The van der Waals surface area contributed by atoms with Crippen molar-refractivity contribution in [3.05, 3.63) is 42.7 Å². The second-order valence-corrected chi connectivity index (χ2v) is 7.81. The lowest BCUT2D eigenvalue weighted by atomic mass is 10.1. The first-order valence-electron chi connectivity index (χ1n) is 7.76. The molecule has 0 aliphatic carbocycles. The number of carbonyl (C=O) groups is 2. The number of carboxylic acid groups (broad SMARTS) is 1. The highest BCUT2D eigenvalue weighted by Gasteiger charge is 2.30. The molecule has 1 aromatic carbocycles. The Balaban J connectivity index is 1.88. The average molecular weight is 380 g/mol. The van der Waals surface area contributed by atoms with E-state index in [-0.39, 0.29) is 17.9 Å². The van der Waals surface area contributed by atoms with Gasteiger partial charge in [-0.05, 0) is 26.0 Å². The van der Waals surface area contributed by atoms with Crippen LogP contribution in [0.3, 0.4) is 0 Å². The Morgan fingerprint density at radius 3 is 2.50 bits per heavy atom. The molecule has 1 amide bonds. The van der Waals surface area contributed by atoms with Gasteiger partial charge in [0.1, 0.15) is 0 Å². The number of hydrogen-bond acceptors (Lipinski definition) is 5. The van der Waals surface area contributed by atoms with E-state index in [2.05, 4.69) is 15.1 Å². The molecule has 1 heterocycles. The van der Waals surface area contributed by atoms with E-state index < -0.39 is 27.4 Å². The number of carbonyl (C=O) groups excluding carboxylic acids is 1. The number of rotatable bonds is 8. The zero-order valence-electron chi connectivity index (χ0n) is 14.3. The number of amides is 1. The quantitative estimate of drug-likeness (QED) is 0.626. The molecular weight excluding hydrogens is 360 g/mol. The van der Waals surface area contributed by atoms with Gasteiger partial charge in [-0.2, -0.15) is 5.10 Å². The Morgan fingerprint density at radius 1 is 1.23 bits per heavy atom. The fraction of sp³-hybridized carbons (Fsp3) is 0.312. The molecule has 26 heavy (non-hydrogen) atoms. The third-order valence-corrected chi connectivity index (χ3v) is 5.14. The Bertz CT molecular complexity index is 890. The van der Waals surface area contributed by atoms with Crippen LogP contribution in [0.25, 0.3) is 0 Å². The summed E-state index contributed by atoms with van der Waals surface area (Å²) >= 11 is 0. The minimum Gasteiger partial charge on any atom is -0.479 e. The predicted molar refractivity (Wildman–Crippen MR) is 94.1 cm³/mol. The second-order valence-electron chi connectivity index (χ2n) is 6.05. The summed E-state index contributed by atoms with van der Waals surface area (Å²) in [6, 6.07) is 7.84. The summed E-state index contributed by atoms with van der Waals surface area (Å²) in [6.45, 7) is 2.89. The molecule has 140 valence electrons. The van der Waals surface area contributed by atoms with E-state index in [9.17, 15) is 18.0 Å². The van der Waals surface area contributed by atoms with Crippen molar-refractivity contribution in [1.29, 1.82) is 0 Å². The van der Waals surface area contributed by atoms with Gasteiger partial charge in [-0.3, -0.25) is 9.48 Å². The summed E-state index contributed by atoms with van der Waals surface area (Å²) in [5.41, 5.74) is -0.927. The first-order valence-corrected chi connectivity index (χ1v) is 9.24. The number of nitrogens with zero attached hydrogens (tertiary/aromatic N) is 2. The van der Waals surface area contributed by atoms with Crippen LogP contribution in [0.15, 0.2) is 47.6 Å². The normalized spacial score (nSPS) is 11.9. The molecule has 3 N–H and O–H groups in total. The smallest absolute Gasteiger partial charge is 0.331 e. The van der Waals surface area contributed by atoms with Crippen LogP contribution in [0.5, 0.6) is 0 Å². The maximum Gasteiger partial charge on any atom is 0.331 e. The van der Waals surface area contributed by atoms with Gasteiger partial charge in [0.2, 0.25) is 15.9 Å². The fourth-order valence-electron chi connectivity index (χ4n) is 2.00. The van der Waals surface area contributed by atoms with Crippen LogP contribution in [0, 0.1) is 0 Å². The lowest BCUT2D eigenvalue weighted by Crippen LogP contribution is -2.35. The molecule has 0 aliphatic rings. The molecule has 9 nitrogen and oxygen atoms in total. The maximum atomic E-state index is 12.0. The van der Waals surface area contributed by atoms with E-state index in [4.69, 9.17) is 5.11 Å². The number of aromatic nitrogens is 2. The zero-order valence-corrected chi connectivity index (χ0v) is 15.2. The molecule has 0 saturated heterocycles. The first-order chi connectivity index (χ1) is 12.1. The standard InChI is InChI=1S/C16H20N4O5S/c1-16(2,15(22)23)20-11-12(10-17-20)19-14(21)8-9-18-26(24,25)13-6-4-3-5-7-13/h3-7,10-11,18H,8-9H2,1-2H3,(H,19,21)(H,22,23). The molecule has 0 radical (unpaired) electrons. The number of carboxylic acids is 1. The SMILES string of the molecule is CC(C)(C(=O)O)n1cc(NC(=O)CCNS(=O)(=O)c2ccccc2)cn1. The summed E-state index contributed by atoms with van der Waals surface area (Å²) in [5.74, 6) is -1.48. The lowest BCUT2D eigenvalue weighted by molar-refractivity contribution is -0.146. The van der Waals surface area contributed by atoms with Crippen LogP contribution in [-0.2, 0) is 25.2 Å². The molecule has 0 bridgehead atoms. The summed E-state index contributed by atoms with van der Waals surface area (Å²) < 4.78 is 27.6. The van der Waals surface area contributed by atoms with Crippen molar-refractivity contribution in [2.45, 2.75) is 30.7 Å². The van der Waals surface area contributed by atoms with E-state index in [0.29, 0.717) is 5.69 Å². The Labute approximate surface area is 151 Å². The van der Waals surface area contributed by atoms with Crippen molar-refractivity contribution < 1.29 is 23.1 Å². The van der Waals surface area contributed by atoms with Gasteiger partial charge in [-0.15, -0.1) is 0 Å². The predicted octanol–water partition coefficient (Wildman–Crippen LogP) is 1.01. The topological polar surface area (TPSA) is 130 Å². The minimum absolute atomic E-state index is 0.0716. The van der Waals surface area contributed by atoms with Crippen LogP contribution >= 0.6 is 0 Å². The minimum atomic E-state index is -3.67. The average Bonchev–Trinajstić information content (AvgIpc) is 3.04.